The number of carbonyl (C=O) groups is 1. The van der Waals surface area contributed by atoms with E-state index >= 15 is 0 Å². The van der Waals surface area contributed by atoms with E-state index in [0.29, 0.717) is 18.6 Å². The molecular weight excluding hydrogens is 226 g/mol. The number of likely N-dealkylation sites (N-methyl/N-ethyl adjacent to an activating group) is 1. The Balaban J connectivity index is 2.17. The van der Waals surface area contributed by atoms with E-state index in [0.717, 1.165) is 25.9 Å². The second kappa shape index (κ2) is 8.48. The van der Waals surface area contributed by atoms with E-state index in [4.69, 9.17) is 0 Å². The van der Waals surface area contributed by atoms with Gasteiger partial charge in [-0.05, 0) is 39.8 Å². The number of nitrogens with one attached hydrogen (secondary N) is 2. The van der Waals surface area contributed by atoms with Crippen LogP contribution in [0.3, 0.4) is 0 Å². The summed E-state index contributed by atoms with van der Waals surface area (Å²) in [6, 6.07) is 0.855. The van der Waals surface area contributed by atoms with Crippen molar-refractivity contribution in [3.63, 3.8) is 0 Å². The van der Waals surface area contributed by atoms with Gasteiger partial charge in [0.1, 0.15) is 0 Å². The Kier molecular flexibility index (Phi) is 7.28. The highest BCUT2D eigenvalue weighted by molar-refractivity contribution is 5.78. The minimum Gasteiger partial charge on any atom is -0.353 e. The van der Waals surface area contributed by atoms with Crippen molar-refractivity contribution in [3.05, 3.63) is 0 Å². The highest BCUT2D eigenvalue weighted by atomic mass is 16.2. The summed E-state index contributed by atoms with van der Waals surface area (Å²) < 4.78 is 0. The first kappa shape index (κ1) is 15.4. The molecular formula is C14H29N3O. The van der Waals surface area contributed by atoms with E-state index in [2.05, 4.69) is 29.4 Å². The third kappa shape index (κ3) is 6.36. The monoisotopic (exact) mass is 255 g/mol. The van der Waals surface area contributed by atoms with Gasteiger partial charge in [0.05, 0.1) is 6.54 Å². The molecule has 0 saturated carbocycles. The predicted octanol–water partition coefficient (Wildman–Crippen LogP) is 1.37. The molecule has 106 valence electrons. The maximum Gasteiger partial charge on any atom is 0.234 e. The summed E-state index contributed by atoms with van der Waals surface area (Å²) in [5, 5.41) is 6.56. The smallest absolute Gasteiger partial charge is 0.234 e. The summed E-state index contributed by atoms with van der Waals surface area (Å²) in [5.41, 5.74) is 0. The number of nitrogens with zero attached hydrogens (tertiary/aromatic N) is 1. The summed E-state index contributed by atoms with van der Waals surface area (Å²) in [4.78, 5) is 13.9. The van der Waals surface area contributed by atoms with Gasteiger partial charge in [-0.2, -0.15) is 0 Å². The van der Waals surface area contributed by atoms with E-state index in [1.807, 2.05) is 7.05 Å². The Bertz CT molecular complexity index is 239. The van der Waals surface area contributed by atoms with Gasteiger partial charge in [0.25, 0.3) is 0 Å². The van der Waals surface area contributed by atoms with Crippen LogP contribution in [0.1, 0.15) is 46.0 Å². The molecule has 1 amide bonds. The number of rotatable bonds is 7. The summed E-state index contributed by atoms with van der Waals surface area (Å²) in [6.45, 7) is 6.81. The lowest BCUT2D eigenvalue weighted by atomic mass is 10.0. The Hall–Kier alpha value is -0.610. The molecule has 0 radical (unpaired) electrons. The Morgan fingerprint density at radius 1 is 1.50 bits per heavy atom. The molecule has 0 aliphatic carbocycles. The maximum absolute atomic E-state index is 11.8. The van der Waals surface area contributed by atoms with Gasteiger partial charge >= 0.3 is 0 Å². The Morgan fingerprint density at radius 2 is 2.28 bits per heavy atom. The van der Waals surface area contributed by atoms with Crippen LogP contribution in [0, 0.1) is 0 Å². The maximum atomic E-state index is 11.8. The van der Waals surface area contributed by atoms with Crippen molar-refractivity contribution in [1.82, 2.24) is 15.5 Å². The first-order chi connectivity index (χ1) is 8.61. The van der Waals surface area contributed by atoms with Crippen LogP contribution in [0.5, 0.6) is 0 Å². The lowest BCUT2D eigenvalue weighted by Gasteiger charge is -2.28. The van der Waals surface area contributed by atoms with Crippen LogP contribution in [-0.2, 0) is 4.79 Å². The molecule has 0 aromatic carbocycles. The van der Waals surface area contributed by atoms with Gasteiger partial charge in [0.15, 0.2) is 0 Å². The summed E-state index contributed by atoms with van der Waals surface area (Å²) in [7, 11) is 2.03. The standard InChI is InChI=1S/C14H29N3O/c1-4-7-12(2)16-14(18)11-17(3)10-13-8-5-6-9-15-13/h12-13,15H,4-11H2,1-3H3,(H,16,18). The number of piperidine rings is 1. The molecule has 4 nitrogen and oxygen atoms in total. The molecule has 0 spiro atoms. The fraction of sp³-hybridized carbons (Fsp3) is 0.929. The number of hydrogen-bond acceptors (Lipinski definition) is 3. The average molecular weight is 255 g/mol. The Morgan fingerprint density at radius 3 is 2.89 bits per heavy atom. The van der Waals surface area contributed by atoms with Gasteiger partial charge in [-0.25, -0.2) is 0 Å². The minimum atomic E-state index is 0.147. The normalized spacial score (nSPS) is 21.9. The molecule has 0 bridgehead atoms. The fourth-order valence-corrected chi connectivity index (χ4v) is 2.59. The SMILES string of the molecule is CCCC(C)NC(=O)CN(C)CC1CCCCN1. The second-order valence-electron chi connectivity index (χ2n) is 5.60. The molecule has 2 unspecified atom stereocenters. The largest absolute Gasteiger partial charge is 0.353 e. The molecule has 1 fully saturated rings. The van der Waals surface area contributed by atoms with Gasteiger partial charge in [0.2, 0.25) is 5.91 Å². The minimum absolute atomic E-state index is 0.147. The molecule has 4 heteroatoms. The molecule has 0 aromatic rings. The Labute approximate surface area is 111 Å². The van der Waals surface area contributed by atoms with E-state index in [-0.39, 0.29) is 5.91 Å². The highest BCUT2D eigenvalue weighted by Crippen LogP contribution is 2.07. The number of hydrogen-bond donors (Lipinski definition) is 2. The van der Waals surface area contributed by atoms with E-state index in [9.17, 15) is 4.79 Å². The van der Waals surface area contributed by atoms with Gasteiger partial charge in [0, 0.05) is 18.6 Å². The lowest BCUT2D eigenvalue weighted by molar-refractivity contribution is -0.122. The molecule has 0 aromatic heterocycles. The summed E-state index contributed by atoms with van der Waals surface area (Å²) in [6.07, 6.45) is 6.00. The van der Waals surface area contributed by atoms with Crippen molar-refractivity contribution >= 4 is 5.91 Å². The van der Waals surface area contributed by atoms with Crippen LogP contribution in [0.25, 0.3) is 0 Å². The quantitative estimate of drug-likeness (QED) is 0.722. The zero-order valence-electron chi connectivity index (χ0n) is 12.2. The molecule has 1 aliphatic heterocycles. The van der Waals surface area contributed by atoms with Crippen molar-refractivity contribution in [1.29, 1.82) is 0 Å². The highest BCUT2D eigenvalue weighted by Gasteiger charge is 2.16. The third-order valence-corrected chi connectivity index (χ3v) is 3.49. The zero-order valence-corrected chi connectivity index (χ0v) is 12.2. The molecule has 1 saturated heterocycles. The molecule has 2 atom stereocenters. The van der Waals surface area contributed by atoms with Crippen LogP contribution in [0.15, 0.2) is 0 Å². The van der Waals surface area contributed by atoms with Crippen molar-refractivity contribution < 1.29 is 4.79 Å². The van der Waals surface area contributed by atoms with Crippen LogP contribution in [0.2, 0.25) is 0 Å². The van der Waals surface area contributed by atoms with Crippen LogP contribution >= 0.6 is 0 Å². The van der Waals surface area contributed by atoms with Crippen molar-refractivity contribution in [2.24, 2.45) is 0 Å². The predicted molar refractivity (Wildman–Crippen MR) is 75.7 cm³/mol. The van der Waals surface area contributed by atoms with Crippen molar-refractivity contribution in [2.75, 3.05) is 26.7 Å². The van der Waals surface area contributed by atoms with E-state index in [1.54, 1.807) is 0 Å². The van der Waals surface area contributed by atoms with Crippen molar-refractivity contribution in [2.45, 2.75) is 58.0 Å². The lowest BCUT2D eigenvalue weighted by Crippen LogP contribution is -2.46. The van der Waals surface area contributed by atoms with Gasteiger partial charge in [-0.15, -0.1) is 0 Å². The molecule has 1 rings (SSSR count). The third-order valence-electron chi connectivity index (χ3n) is 3.49. The fourth-order valence-electron chi connectivity index (χ4n) is 2.59. The van der Waals surface area contributed by atoms with Crippen LogP contribution in [0.4, 0.5) is 0 Å². The topological polar surface area (TPSA) is 44.4 Å². The van der Waals surface area contributed by atoms with E-state index in [1.165, 1.54) is 19.3 Å². The second-order valence-corrected chi connectivity index (χ2v) is 5.60. The first-order valence-corrected chi connectivity index (χ1v) is 7.33. The van der Waals surface area contributed by atoms with Gasteiger partial charge in [-0.1, -0.05) is 19.8 Å². The summed E-state index contributed by atoms with van der Waals surface area (Å²) in [5.74, 6) is 0.147. The summed E-state index contributed by atoms with van der Waals surface area (Å²) >= 11 is 0. The number of amides is 1. The first-order valence-electron chi connectivity index (χ1n) is 7.33. The average Bonchev–Trinajstić information content (AvgIpc) is 2.29. The zero-order chi connectivity index (χ0) is 13.4. The van der Waals surface area contributed by atoms with Crippen molar-refractivity contribution in [3.8, 4) is 0 Å². The van der Waals surface area contributed by atoms with Crippen LogP contribution < -0.4 is 10.6 Å². The molecule has 1 heterocycles. The molecule has 1 aliphatic rings. The molecule has 2 N–H and O–H groups in total. The van der Waals surface area contributed by atoms with Gasteiger partial charge in [-0.3, -0.25) is 9.69 Å². The van der Waals surface area contributed by atoms with E-state index < -0.39 is 0 Å². The molecule has 18 heavy (non-hydrogen) atoms. The van der Waals surface area contributed by atoms with Gasteiger partial charge < -0.3 is 10.6 Å². The van der Waals surface area contributed by atoms with Crippen LogP contribution in [-0.4, -0.2) is 49.6 Å². The number of carbonyl (C=O) groups excluding carboxylic acids is 1.